The quantitative estimate of drug-likeness (QED) is 0.814. The van der Waals surface area contributed by atoms with Crippen LogP contribution in [0.3, 0.4) is 0 Å². The first-order valence-electron chi connectivity index (χ1n) is 7.74. The lowest BCUT2D eigenvalue weighted by atomic mass is 9.89. The van der Waals surface area contributed by atoms with Crippen LogP contribution in [0.4, 0.5) is 0 Å². The van der Waals surface area contributed by atoms with Gasteiger partial charge in [-0.2, -0.15) is 15.4 Å². The number of aliphatic hydroxyl groups excluding tert-OH is 1. The van der Waals surface area contributed by atoms with Crippen LogP contribution < -0.4 is 0 Å². The van der Waals surface area contributed by atoms with Gasteiger partial charge in [0.25, 0.3) is 5.91 Å². The standard InChI is InChI=1S/C14H23N5O2/c20-10-12-5-11(7-18-3-1-2-4-18)8-19(9-12)14(21)13-6-15-17-16-13/h6,11-12,20H,1-5,7-10H2,(H,15,16,17)/t11-,12-/m1/s1. The predicted molar refractivity (Wildman–Crippen MR) is 76.6 cm³/mol. The number of aromatic nitrogens is 3. The van der Waals surface area contributed by atoms with E-state index in [1.165, 1.54) is 19.0 Å². The molecule has 3 heterocycles. The molecule has 0 unspecified atom stereocenters. The fourth-order valence-corrected chi connectivity index (χ4v) is 3.55. The second-order valence-electron chi connectivity index (χ2n) is 6.22. The Hall–Kier alpha value is -1.47. The van der Waals surface area contributed by atoms with Crippen molar-refractivity contribution in [1.82, 2.24) is 25.2 Å². The fraction of sp³-hybridized carbons (Fsp3) is 0.786. The average Bonchev–Trinajstić information content (AvgIpc) is 3.19. The number of nitrogens with zero attached hydrogens (tertiary/aromatic N) is 4. The Balaban J connectivity index is 1.64. The van der Waals surface area contributed by atoms with Crippen molar-refractivity contribution >= 4 is 5.91 Å². The predicted octanol–water partition coefficient (Wildman–Crippen LogP) is -0.0289. The number of aromatic amines is 1. The van der Waals surface area contributed by atoms with Gasteiger partial charge in [-0.15, -0.1) is 0 Å². The number of H-pyrrole nitrogens is 1. The molecule has 0 spiro atoms. The van der Waals surface area contributed by atoms with E-state index in [1.54, 1.807) is 0 Å². The van der Waals surface area contributed by atoms with Crippen LogP contribution in [-0.2, 0) is 0 Å². The molecule has 0 bridgehead atoms. The summed E-state index contributed by atoms with van der Waals surface area (Å²) in [5.74, 6) is 0.514. The van der Waals surface area contributed by atoms with Crippen LogP contribution in [0.5, 0.6) is 0 Å². The molecule has 7 heteroatoms. The second kappa shape index (κ2) is 6.53. The highest BCUT2D eigenvalue weighted by Gasteiger charge is 2.32. The molecule has 1 amide bonds. The number of hydrogen-bond acceptors (Lipinski definition) is 5. The normalized spacial score (nSPS) is 27.2. The van der Waals surface area contributed by atoms with Crippen molar-refractivity contribution in [2.75, 3.05) is 39.3 Å². The van der Waals surface area contributed by atoms with Crippen molar-refractivity contribution in [3.05, 3.63) is 11.9 Å². The summed E-state index contributed by atoms with van der Waals surface area (Å²) in [6, 6.07) is 0. The number of nitrogens with one attached hydrogen (secondary N) is 1. The maximum Gasteiger partial charge on any atom is 0.276 e. The molecule has 2 atom stereocenters. The van der Waals surface area contributed by atoms with Crippen molar-refractivity contribution in [2.45, 2.75) is 19.3 Å². The number of piperidine rings is 1. The Bertz CT molecular complexity index is 458. The molecule has 1 aromatic heterocycles. The summed E-state index contributed by atoms with van der Waals surface area (Å²) >= 11 is 0. The van der Waals surface area contributed by atoms with Crippen molar-refractivity contribution in [3.63, 3.8) is 0 Å². The van der Waals surface area contributed by atoms with Gasteiger partial charge in [-0.05, 0) is 44.2 Å². The lowest BCUT2D eigenvalue weighted by molar-refractivity contribution is 0.0460. The van der Waals surface area contributed by atoms with Crippen molar-refractivity contribution in [2.24, 2.45) is 11.8 Å². The molecule has 0 aromatic carbocycles. The van der Waals surface area contributed by atoms with Crippen LogP contribution in [0.15, 0.2) is 6.20 Å². The second-order valence-corrected chi connectivity index (χ2v) is 6.22. The molecular formula is C14H23N5O2. The topological polar surface area (TPSA) is 85.3 Å². The third-order valence-electron chi connectivity index (χ3n) is 4.52. The first-order chi connectivity index (χ1) is 10.3. The van der Waals surface area contributed by atoms with Crippen LogP contribution in [0.1, 0.15) is 29.8 Å². The highest BCUT2D eigenvalue weighted by atomic mass is 16.3. The number of carbonyl (C=O) groups excluding carboxylic acids is 1. The molecule has 1 aromatic rings. The molecule has 21 heavy (non-hydrogen) atoms. The molecular weight excluding hydrogens is 270 g/mol. The zero-order valence-electron chi connectivity index (χ0n) is 12.2. The zero-order chi connectivity index (χ0) is 14.7. The van der Waals surface area contributed by atoms with Crippen molar-refractivity contribution < 1.29 is 9.90 Å². The monoisotopic (exact) mass is 293 g/mol. The Kier molecular flexibility index (Phi) is 4.50. The highest BCUT2D eigenvalue weighted by Crippen LogP contribution is 2.24. The largest absolute Gasteiger partial charge is 0.396 e. The van der Waals surface area contributed by atoms with Gasteiger partial charge in [0, 0.05) is 26.2 Å². The van der Waals surface area contributed by atoms with Crippen LogP contribution in [0, 0.1) is 11.8 Å². The average molecular weight is 293 g/mol. The third kappa shape index (κ3) is 3.41. The molecule has 2 N–H and O–H groups in total. The number of carbonyl (C=O) groups is 1. The van der Waals surface area contributed by atoms with E-state index in [-0.39, 0.29) is 18.4 Å². The van der Waals surface area contributed by atoms with Gasteiger partial charge in [0.15, 0.2) is 5.69 Å². The first-order valence-corrected chi connectivity index (χ1v) is 7.74. The molecule has 2 fully saturated rings. The minimum Gasteiger partial charge on any atom is -0.396 e. The fourth-order valence-electron chi connectivity index (χ4n) is 3.55. The van der Waals surface area contributed by atoms with E-state index in [2.05, 4.69) is 20.3 Å². The maximum absolute atomic E-state index is 12.4. The van der Waals surface area contributed by atoms with Gasteiger partial charge in [-0.25, -0.2) is 0 Å². The van der Waals surface area contributed by atoms with Gasteiger partial charge < -0.3 is 14.9 Å². The molecule has 0 radical (unpaired) electrons. The SMILES string of the molecule is O=C(c1cn[nH]n1)N1C[C@H](CO)C[C@H](CN2CCCC2)C1. The van der Waals surface area contributed by atoms with Crippen LogP contribution in [-0.4, -0.2) is 75.6 Å². The molecule has 3 rings (SSSR count). The van der Waals surface area contributed by atoms with Crippen LogP contribution in [0.2, 0.25) is 0 Å². The van der Waals surface area contributed by atoms with Gasteiger partial charge in [0.1, 0.15) is 0 Å². The van der Waals surface area contributed by atoms with E-state index in [1.807, 2.05) is 4.90 Å². The molecule has 116 valence electrons. The lowest BCUT2D eigenvalue weighted by Crippen LogP contribution is -2.47. The zero-order valence-corrected chi connectivity index (χ0v) is 12.2. The van der Waals surface area contributed by atoms with E-state index >= 15 is 0 Å². The summed E-state index contributed by atoms with van der Waals surface area (Å²) in [5, 5.41) is 19.6. The first kappa shape index (κ1) is 14.5. The minimum absolute atomic E-state index is 0.0895. The van der Waals surface area contributed by atoms with E-state index in [4.69, 9.17) is 0 Å². The van der Waals surface area contributed by atoms with Gasteiger partial charge >= 0.3 is 0 Å². The summed E-state index contributed by atoms with van der Waals surface area (Å²) < 4.78 is 0. The summed E-state index contributed by atoms with van der Waals surface area (Å²) in [6.45, 7) is 4.85. The summed E-state index contributed by atoms with van der Waals surface area (Å²) in [7, 11) is 0. The van der Waals surface area contributed by atoms with Crippen molar-refractivity contribution in [3.8, 4) is 0 Å². The Labute approximate surface area is 124 Å². The molecule has 0 saturated carbocycles. The number of hydrogen-bond donors (Lipinski definition) is 2. The van der Waals surface area contributed by atoms with Gasteiger partial charge in [0.05, 0.1) is 6.20 Å². The Morgan fingerprint density at radius 2 is 2.10 bits per heavy atom. The summed E-state index contributed by atoms with van der Waals surface area (Å²) in [5.41, 5.74) is 0.355. The lowest BCUT2D eigenvalue weighted by Gasteiger charge is -2.38. The maximum atomic E-state index is 12.4. The molecule has 7 nitrogen and oxygen atoms in total. The molecule has 2 saturated heterocycles. The smallest absolute Gasteiger partial charge is 0.276 e. The molecule has 2 aliphatic rings. The van der Waals surface area contributed by atoms with E-state index in [9.17, 15) is 9.90 Å². The number of aliphatic hydroxyl groups is 1. The Morgan fingerprint density at radius 1 is 1.33 bits per heavy atom. The van der Waals surface area contributed by atoms with Crippen LogP contribution >= 0.6 is 0 Å². The van der Waals surface area contributed by atoms with Gasteiger partial charge in [0.2, 0.25) is 0 Å². The van der Waals surface area contributed by atoms with Gasteiger partial charge in [-0.3, -0.25) is 4.79 Å². The van der Waals surface area contributed by atoms with E-state index in [0.29, 0.717) is 18.2 Å². The number of amides is 1. The van der Waals surface area contributed by atoms with Crippen LogP contribution in [0.25, 0.3) is 0 Å². The molecule has 2 aliphatic heterocycles. The van der Waals surface area contributed by atoms with E-state index < -0.39 is 0 Å². The van der Waals surface area contributed by atoms with Gasteiger partial charge in [-0.1, -0.05) is 0 Å². The van der Waals surface area contributed by atoms with Crippen molar-refractivity contribution in [1.29, 1.82) is 0 Å². The summed E-state index contributed by atoms with van der Waals surface area (Å²) in [4.78, 5) is 16.7. The highest BCUT2D eigenvalue weighted by molar-refractivity contribution is 5.91. The minimum atomic E-state index is -0.0895. The molecule has 0 aliphatic carbocycles. The number of likely N-dealkylation sites (tertiary alicyclic amines) is 2. The van der Waals surface area contributed by atoms with E-state index in [0.717, 1.165) is 32.6 Å². The summed E-state index contributed by atoms with van der Waals surface area (Å²) in [6.07, 6.45) is 5.01. The Morgan fingerprint density at radius 3 is 2.76 bits per heavy atom. The number of rotatable bonds is 4. The third-order valence-corrected chi connectivity index (χ3v) is 4.52.